The first-order valence-electron chi connectivity index (χ1n) is 6.47. The van der Waals surface area contributed by atoms with Gasteiger partial charge in [0.15, 0.2) is 0 Å². The average Bonchev–Trinajstić information content (AvgIpc) is 2.76. The summed E-state index contributed by atoms with van der Waals surface area (Å²) in [5.41, 5.74) is 5.98. The number of rotatable bonds is 5. The maximum atomic E-state index is 6.00. The molecule has 0 aromatic carbocycles. The van der Waals surface area contributed by atoms with E-state index in [9.17, 15) is 0 Å². The van der Waals surface area contributed by atoms with E-state index in [-0.39, 0.29) is 11.6 Å². The number of ether oxygens (including phenoxy) is 1. The number of methoxy groups -OCH3 is 1. The molecule has 0 saturated carbocycles. The zero-order valence-corrected chi connectivity index (χ0v) is 11.5. The van der Waals surface area contributed by atoms with E-state index in [1.54, 1.807) is 7.11 Å². The van der Waals surface area contributed by atoms with Gasteiger partial charge in [0.1, 0.15) is 0 Å². The second-order valence-corrected chi connectivity index (χ2v) is 5.59. The summed E-state index contributed by atoms with van der Waals surface area (Å²) < 4.78 is 5.53. The smallest absolute Gasteiger partial charge is 0.0736 e. The molecule has 2 N–H and O–H groups in total. The van der Waals surface area contributed by atoms with Crippen molar-refractivity contribution >= 4 is 0 Å². The molecule has 3 unspecified atom stereocenters. The van der Waals surface area contributed by atoms with Gasteiger partial charge in [-0.15, -0.1) is 0 Å². The molecular formula is C13H28N2O. The van der Waals surface area contributed by atoms with Crippen LogP contribution in [0.5, 0.6) is 0 Å². The fraction of sp³-hybridized carbons (Fsp3) is 1.00. The van der Waals surface area contributed by atoms with Crippen molar-refractivity contribution in [3.05, 3.63) is 0 Å². The minimum Gasteiger partial charge on any atom is -0.380 e. The molecule has 0 aliphatic carbocycles. The largest absolute Gasteiger partial charge is 0.380 e. The number of hydrogen-bond donors (Lipinski definition) is 1. The minimum absolute atomic E-state index is 0.0276. The molecular weight excluding hydrogens is 200 g/mol. The Balaban J connectivity index is 2.86. The van der Waals surface area contributed by atoms with Crippen LogP contribution in [-0.4, -0.2) is 42.8 Å². The van der Waals surface area contributed by atoms with E-state index in [4.69, 9.17) is 10.5 Å². The summed E-state index contributed by atoms with van der Waals surface area (Å²) >= 11 is 0. The lowest BCUT2D eigenvalue weighted by Gasteiger charge is -2.46. The Morgan fingerprint density at radius 2 is 2.06 bits per heavy atom. The second-order valence-electron chi connectivity index (χ2n) is 5.59. The van der Waals surface area contributed by atoms with Crippen LogP contribution in [0, 0.1) is 5.92 Å². The van der Waals surface area contributed by atoms with Crippen molar-refractivity contribution in [2.45, 2.75) is 58.2 Å². The fourth-order valence-corrected chi connectivity index (χ4v) is 2.89. The Kier molecular flexibility index (Phi) is 4.77. The molecule has 1 aliphatic rings. The lowest BCUT2D eigenvalue weighted by molar-refractivity contribution is -0.0441. The predicted octanol–water partition coefficient (Wildman–Crippen LogP) is 1.86. The Morgan fingerprint density at radius 1 is 1.44 bits per heavy atom. The van der Waals surface area contributed by atoms with Gasteiger partial charge < -0.3 is 10.5 Å². The van der Waals surface area contributed by atoms with Crippen molar-refractivity contribution in [3.63, 3.8) is 0 Å². The van der Waals surface area contributed by atoms with Crippen molar-refractivity contribution in [1.29, 1.82) is 0 Å². The summed E-state index contributed by atoms with van der Waals surface area (Å²) in [6.45, 7) is 10.8. The van der Waals surface area contributed by atoms with Crippen LogP contribution in [-0.2, 0) is 4.74 Å². The highest BCUT2D eigenvalue weighted by Gasteiger charge is 2.43. The van der Waals surface area contributed by atoms with Gasteiger partial charge in [-0.25, -0.2) is 0 Å². The highest BCUT2D eigenvalue weighted by molar-refractivity contribution is 4.99. The number of nitrogens with two attached hydrogens (primary N) is 1. The zero-order chi connectivity index (χ0) is 12.3. The topological polar surface area (TPSA) is 38.5 Å². The summed E-state index contributed by atoms with van der Waals surface area (Å²) in [7, 11) is 1.78. The van der Waals surface area contributed by atoms with Crippen molar-refractivity contribution in [1.82, 2.24) is 4.90 Å². The molecule has 1 saturated heterocycles. The van der Waals surface area contributed by atoms with E-state index >= 15 is 0 Å². The maximum Gasteiger partial charge on any atom is 0.0736 e. The van der Waals surface area contributed by atoms with Crippen molar-refractivity contribution in [3.8, 4) is 0 Å². The van der Waals surface area contributed by atoms with E-state index in [0.29, 0.717) is 18.5 Å². The number of hydrogen-bond acceptors (Lipinski definition) is 3. The van der Waals surface area contributed by atoms with E-state index in [1.807, 2.05) is 0 Å². The Hall–Kier alpha value is -0.120. The molecule has 0 amide bonds. The summed E-state index contributed by atoms with van der Waals surface area (Å²) in [6, 6.07) is 0.658. The van der Waals surface area contributed by atoms with Gasteiger partial charge >= 0.3 is 0 Å². The predicted molar refractivity (Wildman–Crippen MR) is 68.5 cm³/mol. The average molecular weight is 228 g/mol. The number of nitrogens with zero attached hydrogens (tertiary/aromatic N) is 1. The van der Waals surface area contributed by atoms with Crippen LogP contribution in [0.25, 0.3) is 0 Å². The van der Waals surface area contributed by atoms with E-state index < -0.39 is 0 Å². The van der Waals surface area contributed by atoms with Gasteiger partial charge in [0.05, 0.1) is 11.6 Å². The second kappa shape index (κ2) is 5.48. The third-order valence-electron chi connectivity index (χ3n) is 4.37. The summed E-state index contributed by atoms with van der Waals surface area (Å²) in [4.78, 5) is 2.58. The van der Waals surface area contributed by atoms with Gasteiger partial charge in [0.25, 0.3) is 0 Å². The van der Waals surface area contributed by atoms with E-state index in [2.05, 4.69) is 32.6 Å². The van der Waals surface area contributed by atoms with Crippen molar-refractivity contribution in [2.75, 3.05) is 20.2 Å². The highest BCUT2D eigenvalue weighted by atomic mass is 16.5. The van der Waals surface area contributed by atoms with Gasteiger partial charge in [-0.1, -0.05) is 13.8 Å². The maximum absolute atomic E-state index is 6.00. The van der Waals surface area contributed by atoms with Crippen LogP contribution in [0.15, 0.2) is 0 Å². The molecule has 96 valence electrons. The first kappa shape index (κ1) is 13.9. The van der Waals surface area contributed by atoms with Crippen LogP contribution in [0.4, 0.5) is 0 Å². The van der Waals surface area contributed by atoms with Crippen molar-refractivity contribution < 1.29 is 4.74 Å². The lowest BCUT2D eigenvalue weighted by atomic mass is 9.90. The third-order valence-corrected chi connectivity index (χ3v) is 4.37. The van der Waals surface area contributed by atoms with Gasteiger partial charge in [0, 0.05) is 19.7 Å². The highest BCUT2D eigenvalue weighted by Crippen LogP contribution is 2.33. The minimum atomic E-state index is -0.0276. The molecule has 16 heavy (non-hydrogen) atoms. The van der Waals surface area contributed by atoms with Crippen LogP contribution < -0.4 is 5.73 Å². The summed E-state index contributed by atoms with van der Waals surface area (Å²) in [5.74, 6) is 0.692. The normalized spacial score (nSPS) is 28.3. The first-order valence-corrected chi connectivity index (χ1v) is 6.47. The van der Waals surface area contributed by atoms with Gasteiger partial charge in [0.2, 0.25) is 0 Å². The third kappa shape index (κ3) is 2.41. The Bertz CT molecular complexity index is 220. The van der Waals surface area contributed by atoms with E-state index in [0.717, 1.165) is 6.54 Å². The first-order chi connectivity index (χ1) is 7.47. The molecule has 0 radical (unpaired) electrons. The number of likely N-dealkylation sites (tertiary alicyclic amines) is 1. The quantitative estimate of drug-likeness (QED) is 0.780. The molecule has 3 atom stereocenters. The monoisotopic (exact) mass is 228 g/mol. The molecule has 1 fully saturated rings. The van der Waals surface area contributed by atoms with E-state index in [1.165, 1.54) is 12.8 Å². The van der Waals surface area contributed by atoms with Gasteiger partial charge in [-0.2, -0.15) is 0 Å². The summed E-state index contributed by atoms with van der Waals surface area (Å²) in [5, 5.41) is 0. The van der Waals surface area contributed by atoms with Gasteiger partial charge in [-0.05, 0) is 39.2 Å². The fourth-order valence-electron chi connectivity index (χ4n) is 2.89. The molecule has 1 heterocycles. The van der Waals surface area contributed by atoms with Crippen molar-refractivity contribution in [2.24, 2.45) is 11.7 Å². The standard InChI is InChI=1S/C13H28N2O/c1-10(2)12-7-6-8-15(12)13(4,9-14)11(3)16-5/h10-12H,6-9,14H2,1-5H3. The van der Waals surface area contributed by atoms with Crippen LogP contribution in [0.3, 0.4) is 0 Å². The molecule has 0 bridgehead atoms. The van der Waals surface area contributed by atoms with Crippen LogP contribution in [0.1, 0.15) is 40.5 Å². The van der Waals surface area contributed by atoms with Gasteiger partial charge in [-0.3, -0.25) is 4.90 Å². The molecule has 3 nitrogen and oxygen atoms in total. The Morgan fingerprint density at radius 3 is 2.50 bits per heavy atom. The summed E-state index contributed by atoms with van der Waals surface area (Å²) in [6.07, 6.45) is 2.76. The van der Waals surface area contributed by atoms with Crippen LogP contribution in [0.2, 0.25) is 0 Å². The lowest BCUT2D eigenvalue weighted by Crippen LogP contribution is -2.61. The molecule has 0 spiro atoms. The Labute approximate surface area is 100 Å². The molecule has 0 aromatic heterocycles. The van der Waals surface area contributed by atoms with Crippen LogP contribution >= 0.6 is 0 Å². The molecule has 0 aromatic rings. The molecule has 1 rings (SSSR count). The molecule has 1 aliphatic heterocycles. The SMILES string of the molecule is COC(C)C(C)(CN)N1CCCC1C(C)C. The zero-order valence-electron chi connectivity index (χ0n) is 11.5. The molecule has 3 heteroatoms.